The number of non-ortho nitro benzene ring substituents is 1. The van der Waals surface area contributed by atoms with Gasteiger partial charge >= 0.3 is 0 Å². The summed E-state index contributed by atoms with van der Waals surface area (Å²) in [6.45, 7) is 0.515. The van der Waals surface area contributed by atoms with Crippen LogP contribution in [-0.2, 0) is 6.54 Å². The predicted octanol–water partition coefficient (Wildman–Crippen LogP) is 5.36. The molecule has 3 aromatic rings. The fourth-order valence-corrected chi connectivity index (χ4v) is 2.89. The van der Waals surface area contributed by atoms with Crippen molar-refractivity contribution in [3.05, 3.63) is 109 Å². The Bertz CT molecular complexity index is 1120. The Labute approximate surface area is 182 Å². The van der Waals surface area contributed by atoms with Gasteiger partial charge in [0.1, 0.15) is 5.69 Å². The van der Waals surface area contributed by atoms with Crippen LogP contribution in [0.1, 0.15) is 11.1 Å². The van der Waals surface area contributed by atoms with Crippen molar-refractivity contribution < 1.29 is 9.85 Å². The number of anilines is 2. The Balaban J connectivity index is 1.67. The van der Waals surface area contributed by atoms with Crippen molar-refractivity contribution >= 4 is 40.4 Å². The van der Waals surface area contributed by atoms with Crippen LogP contribution in [0.5, 0.6) is 0 Å². The van der Waals surface area contributed by atoms with Gasteiger partial charge in [0, 0.05) is 29.5 Å². The highest BCUT2D eigenvalue weighted by Crippen LogP contribution is 2.29. The van der Waals surface area contributed by atoms with Crippen molar-refractivity contribution in [1.82, 2.24) is 5.43 Å². The molecule has 0 aromatic heterocycles. The van der Waals surface area contributed by atoms with Crippen LogP contribution in [0.25, 0.3) is 6.08 Å². The van der Waals surface area contributed by atoms with Gasteiger partial charge in [0.15, 0.2) is 0 Å². The third-order valence-corrected chi connectivity index (χ3v) is 4.55. The van der Waals surface area contributed by atoms with Crippen molar-refractivity contribution in [2.24, 2.45) is 0 Å². The van der Waals surface area contributed by atoms with Crippen LogP contribution in [0.4, 0.5) is 22.7 Å². The summed E-state index contributed by atoms with van der Waals surface area (Å²) in [4.78, 5) is 20.7. The summed E-state index contributed by atoms with van der Waals surface area (Å²) in [7, 11) is 0. The molecule has 0 radical (unpaired) electrons. The summed E-state index contributed by atoms with van der Waals surface area (Å²) in [6.07, 6.45) is 3.32. The van der Waals surface area contributed by atoms with E-state index in [1.807, 2.05) is 36.4 Å². The van der Waals surface area contributed by atoms with Crippen molar-refractivity contribution in [2.75, 3.05) is 10.7 Å². The molecule has 0 saturated heterocycles. The molecule has 0 bridgehead atoms. The van der Waals surface area contributed by atoms with E-state index in [0.717, 1.165) is 22.9 Å². The molecule has 0 atom stereocenters. The number of nitro groups is 2. The zero-order chi connectivity index (χ0) is 22.2. The Kier molecular flexibility index (Phi) is 7.15. The number of nitro benzene ring substituents is 2. The lowest BCUT2D eigenvalue weighted by atomic mass is 10.1. The molecule has 158 valence electrons. The Morgan fingerprint density at radius 1 is 0.935 bits per heavy atom. The average molecular weight is 440 g/mol. The van der Waals surface area contributed by atoms with Gasteiger partial charge in [0.25, 0.3) is 11.4 Å². The van der Waals surface area contributed by atoms with E-state index in [-0.39, 0.29) is 17.1 Å². The van der Waals surface area contributed by atoms with Gasteiger partial charge in [0.2, 0.25) is 0 Å². The van der Waals surface area contributed by atoms with Crippen molar-refractivity contribution in [2.45, 2.75) is 6.54 Å². The number of nitrogens with zero attached hydrogens (tertiary/aromatic N) is 2. The number of benzene rings is 3. The quantitative estimate of drug-likeness (QED) is 0.303. The Hall–Kier alpha value is -3.95. The molecule has 0 amide bonds. The maximum atomic E-state index is 11.2. The van der Waals surface area contributed by atoms with E-state index in [0.29, 0.717) is 11.6 Å². The van der Waals surface area contributed by atoms with Crippen LogP contribution in [0.15, 0.2) is 72.9 Å². The smallest absolute Gasteiger partial charge is 0.299 e. The summed E-state index contributed by atoms with van der Waals surface area (Å²) in [5.41, 5.74) is 8.40. The monoisotopic (exact) mass is 439 g/mol. The molecule has 0 spiro atoms. The first-order valence-electron chi connectivity index (χ1n) is 9.12. The molecule has 0 aliphatic rings. The van der Waals surface area contributed by atoms with Crippen molar-refractivity contribution in [3.63, 3.8) is 0 Å². The van der Waals surface area contributed by atoms with Crippen molar-refractivity contribution in [3.8, 4) is 0 Å². The van der Waals surface area contributed by atoms with E-state index in [1.165, 1.54) is 12.1 Å². The number of hydrazine groups is 1. The highest BCUT2D eigenvalue weighted by molar-refractivity contribution is 6.30. The minimum Gasteiger partial charge on any atom is -0.356 e. The van der Waals surface area contributed by atoms with Crippen LogP contribution in [0.3, 0.4) is 0 Å². The van der Waals surface area contributed by atoms with E-state index < -0.39 is 9.85 Å². The predicted molar refractivity (Wildman–Crippen MR) is 121 cm³/mol. The van der Waals surface area contributed by atoms with Gasteiger partial charge < -0.3 is 10.7 Å². The topological polar surface area (TPSA) is 122 Å². The molecule has 3 N–H and O–H groups in total. The Morgan fingerprint density at radius 3 is 2.39 bits per heavy atom. The molecule has 3 rings (SSSR count). The van der Waals surface area contributed by atoms with Crippen molar-refractivity contribution in [1.29, 1.82) is 0 Å². The van der Waals surface area contributed by atoms with Gasteiger partial charge in [-0.05, 0) is 47.5 Å². The van der Waals surface area contributed by atoms with Crippen LogP contribution in [0, 0.1) is 20.2 Å². The molecule has 3 aromatic carbocycles. The number of halogens is 1. The van der Waals surface area contributed by atoms with E-state index in [2.05, 4.69) is 16.2 Å². The number of nitrogens with one attached hydrogen (secondary N) is 3. The second-order valence-electron chi connectivity index (χ2n) is 6.38. The van der Waals surface area contributed by atoms with Crippen LogP contribution < -0.4 is 16.2 Å². The van der Waals surface area contributed by atoms with Gasteiger partial charge in [-0.2, -0.15) is 0 Å². The van der Waals surface area contributed by atoms with E-state index in [4.69, 9.17) is 11.6 Å². The van der Waals surface area contributed by atoms with E-state index in [1.54, 1.807) is 24.4 Å². The first-order chi connectivity index (χ1) is 14.9. The minimum absolute atomic E-state index is 0.159. The van der Waals surface area contributed by atoms with Crippen LogP contribution >= 0.6 is 11.6 Å². The molecular weight excluding hydrogens is 422 g/mol. The Morgan fingerprint density at radius 2 is 1.68 bits per heavy atom. The summed E-state index contributed by atoms with van der Waals surface area (Å²) in [5.74, 6) is 0. The molecule has 31 heavy (non-hydrogen) atoms. The molecule has 10 heteroatoms. The summed E-state index contributed by atoms with van der Waals surface area (Å²) < 4.78 is 0. The summed E-state index contributed by atoms with van der Waals surface area (Å²) in [6, 6.07) is 18.4. The molecule has 0 aliphatic carbocycles. The number of rotatable bonds is 9. The highest BCUT2D eigenvalue weighted by atomic mass is 35.5. The lowest BCUT2D eigenvalue weighted by Crippen LogP contribution is -2.21. The number of hydrogen-bond acceptors (Lipinski definition) is 7. The summed E-state index contributed by atoms with van der Waals surface area (Å²) in [5, 5.41) is 25.6. The molecular formula is C21H18ClN5O4. The molecule has 0 heterocycles. The van der Waals surface area contributed by atoms with E-state index in [9.17, 15) is 20.2 Å². The van der Waals surface area contributed by atoms with Gasteiger partial charge in [-0.25, -0.2) is 5.43 Å². The molecule has 0 aliphatic heterocycles. The number of hydrogen-bond donors (Lipinski definition) is 3. The fraction of sp³-hybridized carbons (Fsp3) is 0.0476. The van der Waals surface area contributed by atoms with Gasteiger partial charge in [0.05, 0.1) is 15.9 Å². The van der Waals surface area contributed by atoms with Gasteiger partial charge in [-0.3, -0.25) is 20.2 Å². The second-order valence-corrected chi connectivity index (χ2v) is 6.81. The average Bonchev–Trinajstić information content (AvgIpc) is 2.76. The zero-order valence-corrected chi connectivity index (χ0v) is 16.9. The largest absolute Gasteiger partial charge is 0.356 e. The summed E-state index contributed by atoms with van der Waals surface area (Å²) >= 11 is 5.87. The van der Waals surface area contributed by atoms with Gasteiger partial charge in [-0.1, -0.05) is 35.9 Å². The molecule has 0 saturated carbocycles. The SMILES string of the molecule is O=[N+]([O-])c1ccc(N/C=C/c2ccccc2CNNc2ccc(Cl)cc2)c([N+](=O)[O-])c1. The van der Waals surface area contributed by atoms with Gasteiger partial charge in [-0.15, -0.1) is 0 Å². The maximum Gasteiger partial charge on any atom is 0.299 e. The highest BCUT2D eigenvalue weighted by Gasteiger charge is 2.18. The standard InChI is InChI=1S/C21H18ClN5O4/c22-17-5-7-18(8-6-17)25-24-14-16-4-2-1-3-15(16)11-12-23-20-10-9-19(26(28)29)13-21(20)27(30)31/h1-13,23-25H,14H2/b12-11+. The lowest BCUT2D eigenvalue weighted by molar-refractivity contribution is -0.393. The second kappa shape index (κ2) is 10.2. The fourth-order valence-electron chi connectivity index (χ4n) is 2.76. The third kappa shape index (κ3) is 6.01. The molecule has 0 fully saturated rings. The normalized spacial score (nSPS) is 10.7. The lowest BCUT2D eigenvalue weighted by Gasteiger charge is -2.11. The first-order valence-corrected chi connectivity index (χ1v) is 9.50. The first kappa shape index (κ1) is 21.8. The molecule has 9 nitrogen and oxygen atoms in total. The molecule has 0 unspecified atom stereocenters. The third-order valence-electron chi connectivity index (χ3n) is 4.30. The minimum atomic E-state index is -0.673. The van der Waals surface area contributed by atoms with E-state index >= 15 is 0 Å². The van der Waals surface area contributed by atoms with Crippen LogP contribution in [0.2, 0.25) is 5.02 Å². The maximum absolute atomic E-state index is 11.2. The zero-order valence-electron chi connectivity index (χ0n) is 16.1. The van der Waals surface area contributed by atoms with Crippen LogP contribution in [-0.4, -0.2) is 9.85 Å².